The van der Waals surface area contributed by atoms with E-state index >= 15 is 0 Å². The number of aryl methyl sites for hydroxylation is 2. The Kier molecular flexibility index (Phi) is 4.29. The number of benzene rings is 2. The van der Waals surface area contributed by atoms with Crippen molar-refractivity contribution >= 4 is 27.5 Å². The average molecular weight is 343 g/mol. The van der Waals surface area contributed by atoms with Gasteiger partial charge in [0.25, 0.3) is 0 Å². The Bertz CT molecular complexity index is 628. The summed E-state index contributed by atoms with van der Waals surface area (Å²) < 4.78 is 14.7. The Labute approximate surface area is 125 Å². The molecule has 0 bridgehead atoms. The molecular formula is C15H14BrClFN. The standard InChI is InChI=1S/C15H14BrClFN/c1-8-3-4-10(7-9(8)2)15(19)11-5-6-12(16)13(17)14(11)18/h3-7,15H,19H2,1-2H3. The van der Waals surface area contributed by atoms with E-state index in [2.05, 4.69) is 15.9 Å². The summed E-state index contributed by atoms with van der Waals surface area (Å²) in [7, 11) is 0. The van der Waals surface area contributed by atoms with Crippen LogP contribution in [0.3, 0.4) is 0 Å². The van der Waals surface area contributed by atoms with E-state index in [4.69, 9.17) is 17.3 Å². The van der Waals surface area contributed by atoms with Crippen LogP contribution in [0.1, 0.15) is 28.3 Å². The molecule has 0 heterocycles. The predicted octanol–water partition coefficient (Wildman–Crippen LogP) is 4.91. The molecule has 0 saturated carbocycles. The molecule has 1 nitrogen and oxygen atoms in total. The molecule has 2 aromatic rings. The van der Waals surface area contributed by atoms with Crippen LogP contribution in [0.15, 0.2) is 34.8 Å². The molecule has 2 aromatic carbocycles. The highest BCUT2D eigenvalue weighted by atomic mass is 79.9. The third kappa shape index (κ3) is 2.83. The molecule has 100 valence electrons. The Hall–Kier alpha value is -0.900. The van der Waals surface area contributed by atoms with Gasteiger partial charge in [-0.2, -0.15) is 0 Å². The second kappa shape index (κ2) is 5.61. The first-order valence-electron chi connectivity index (χ1n) is 5.88. The third-order valence-corrected chi connectivity index (χ3v) is 4.55. The fraction of sp³-hybridized carbons (Fsp3) is 0.200. The van der Waals surface area contributed by atoms with Crippen LogP contribution >= 0.6 is 27.5 Å². The van der Waals surface area contributed by atoms with E-state index in [-0.39, 0.29) is 5.02 Å². The maximum absolute atomic E-state index is 14.1. The number of nitrogens with two attached hydrogens (primary N) is 1. The van der Waals surface area contributed by atoms with Gasteiger partial charge >= 0.3 is 0 Å². The number of hydrogen-bond acceptors (Lipinski definition) is 1. The molecule has 19 heavy (non-hydrogen) atoms. The number of hydrogen-bond donors (Lipinski definition) is 1. The molecule has 0 amide bonds. The van der Waals surface area contributed by atoms with Crippen molar-refractivity contribution in [3.05, 3.63) is 67.9 Å². The molecule has 0 aliphatic heterocycles. The van der Waals surface area contributed by atoms with E-state index in [1.54, 1.807) is 12.1 Å². The quantitative estimate of drug-likeness (QED) is 0.771. The summed E-state index contributed by atoms with van der Waals surface area (Å²) in [6.07, 6.45) is 0. The maximum atomic E-state index is 14.1. The van der Waals surface area contributed by atoms with Gasteiger partial charge in [0, 0.05) is 10.0 Å². The van der Waals surface area contributed by atoms with Gasteiger partial charge in [0.1, 0.15) is 5.82 Å². The van der Waals surface area contributed by atoms with E-state index in [0.29, 0.717) is 10.0 Å². The van der Waals surface area contributed by atoms with E-state index in [1.165, 1.54) is 5.56 Å². The molecule has 0 saturated heterocycles. The Morgan fingerprint density at radius 1 is 1.16 bits per heavy atom. The molecule has 0 aliphatic rings. The van der Waals surface area contributed by atoms with Crippen LogP contribution in [-0.4, -0.2) is 0 Å². The fourth-order valence-electron chi connectivity index (χ4n) is 1.92. The molecule has 1 unspecified atom stereocenters. The normalized spacial score (nSPS) is 12.5. The molecule has 0 aliphatic carbocycles. The van der Waals surface area contributed by atoms with Gasteiger partial charge in [-0.05, 0) is 52.5 Å². The first kappa shape index (κ1) is 14.5. The molecule has 4 heteroatoms. The minimum Gasteiger partial charge on any atom is -0.320 e. The lowest BCUT2D eigenvalue weighted by Crippen LogP contribution is -2.14. The lowest BCUT2D eigenvalue weighted by atomic mass is 9.96. The highest BCUT2D eigenvalue weighted by Crippen LogP contribution is 2.32. The molecule has 2 N–H and O–H groups in total. The first-order chi connectivity index (χ1) is 8.91. The molecule has 0 fully saturated rings. The summed E-state index contributed by atoms with van der Waals surface area (Å²) in [5, 5.41) is 0.0665. The largest absolute Gasteiger partial charge is 0.320 e. The molecule has 1 atom stereocenters. The average Bonchev–Trinajstić information content (AvgIpc) is 2.39. The zero-order chi connectivity index (χ0) is 14.2. The molecule has 0 radical (unpaired) electrons. The van der Waals surface area contributed by atoms with Crippen molar-refractivity contribution in [2.45, 2.75) is 19.9 Å². The van der Waals surface area contributed by atoms with Crippen LogP contribution in [0, 0.1) is 19.7 Å². The van der Waals surface area contributed by atoms with Crippen molar-refractivity contribution in [1.82, 2.24) is 0 Å². The monoisotopic (exact) mass is 341 g/mol. The lowest BCUT2D eigenvalue weighted by Gasteiger charge is -2.16. The van der Waals surface area contributed by atoms with E-state index in [1.807, 2.05) is 32.0 Å². The first-order valence-corrected chi connectivity index (χ1v) is 7.05. The van der Waals surface area contributed by atoms with Gasteiger partial charge in [-0.1, -0.05) is 35.9 Å². The lowest BCUT2D eigenvalue weighted by molar-refractivity contribution is 0.599. The van der Waals surface area contributed by atoms with E-state index in [9.17, 15) is 4.39 Å². The van der Waals surface area contributed by atoms with Gasteiger partial charge in [-0.25, -0.2) is 4.39 Å². The zero-order valence-corrected chi connectivity index (χ0v) is 13.0. The number of rotatable bonds is 2. The smallest absolute Gasteiger partial charge is 0.148 e. The van der Waals surface area contributed by atoms with Crippen molar-refractivity contribution in [2.24, 2.45) is 5.73 Å². The zero-order valence-electron chi connectivity index (χ0n) is 10.7. The van der Waals surface area contributed by atoms with Crippen molar-refractivity contribution in [1.29, 1.82) is 0 Å². The Morgan fingerprint density at radius 3 is 2.47 bits per heavy atom. The van der Waals surface area contributed by atoms with Gasteiger partial charge in [0.2, 0.25) is 0 Å². The second-order valence-corrected chi connectivity index (χ2v) is 5.82. The van der Waals surface area contributed by atoms with E-state index < -0.39 is 11.9 Å². The van der Waals surface area contributed by atoms with Gasteiger partial charge in [-0.15, -0.1) is 0 Å². The summed E-state index contributed by atoms with van der Waals surface area (Å²) in [6, 6.07) is 8.73. The van der Waals surface area contributed by atoms with Gasteiger partial charge < -0.3 is 5.73 Å². The fourth-order valence-corrected chi connectivity index (χ4v) is 2.40. The predicted molar refractivity (Wildman–Crippen MR) is 81.1 cm³/mol. The third-order valence-electron chi connectivity index (χ3n) is 3.29. The van der Waals surface area contributed by atoms with Crippen LogP contribution in [0.4, 0.5) is 4.39 Å². The van der Waals surface area contributed by atoms with Gasteiger partial charge in [0.05, 0.1) is 11.1 Å². The topological polar surface area (TPSA) is 26.0 Å². The van der Waals surface area contributed by atoms with Crippen LogP contribution in [0.5, 0.6) is 0 Å². The Balaban J connectivity index is 2.47. The van der Waals surface area contributed by atoms with Gasteiger partial charge in [0.15, 0.2) is 0 Å². The van der Waals surface area contributed by atoms with E-state index in [0.717, 1.165) is 11.1 Å². The summed E-state index contributed by atoms with van der Waals surface area (Å²) >= 11 is 9.09. The summed E-state index contributed by atoms with van der Waals surface area (Å²) in [6.45, 7) is 4.04. The van der Waals surface area contributed by atoms with Crippen molar-refractivity contribution in [2.75, 3.05) is 0 Å². The van der Waals surface area contributed by atoms with Crippen LogP contribution in [-0.2, 0) is 0 Å². The van der Waals surface area contributed by atoms with Crippen molar-refractivity contribution in [3.63, 3.8) is 0 Å². The summed E-state index contributed by atoms with van der Waals surface area (Å²) in [5.41, 5.74) is 9.74. The van der Waals surface area contributed by atoms with Crippen LogP contribution in [0.2, 0.25) is 5.02 Å². The van der Waals surface area contributed by atoms with Gasteiger partial charge in [-0.3, -0.25) is 0 Å². The highest BCUT2D eigenvalue weighted by Gasteiger charge is 2.17. The summed E-state index contributed by atoms with van der Waals surface area (Å²) in [4.78, 5) is 0. The highest BCUT2D eigenvalue weighted by molar-refractivity contribution is 9.10. The van der Waals surface area contributed by atoms with Crippen molar-refractivity contribution < 1.29 is 4.39 Å². The minimum absolute atomic E-state index is 0.0665. The molecule has 0 spiro atoms. The van der Waals surface area contributed by atoms with Crippen LogP contribution < -0.4 is 5.73 Å². The van der Waals surface area contributed by atoms with Crippen LogP contribution in [0.25, 0.3) is 0 Å². The summed E-state index contributed by atoms with van der Waals surface area (Å²) in [5.74, 6) is -0.471. The molecule has 2 rings (SSSR count). The SMILES string of the molecule is Cc1ccc(C(N)c2ccc(Br)c(Cl)c2F)cc1C. The maximum Gasteiger partial charge on any atom is 0.148 e. The Morgan fingerprint density at radius 2 is 1.84 bits per heavy atom. The van der Waals surface area contributed by atoms with Crippen molar-refractivity contribution in [3.8, 4) is 0 Å². The minimum atomic E-state index is -0.523. The molecule has 0 aromatic heterocycles. The second-order valence-electron chi connectivity index (χ2n) is 4.59. The number of halogens is 3. The molecular weight excluding hydrogens is 329 g/mol.